The molecule has 3 nitrogen and oxygen atoms in total. The molecule has 0 saturated carbocycles. The van der Waals surface area contributed by atoms with E-state index in [9.17, 15) is 9.90 Å². The number of aromatic nitrogens is 1. The van der Waals surface area contributed by atoms with Crippen LogP contribution in [0, 0.1) is 6.92 Å². The third-order valence-electron chi connectivity index (χ3n) is 2.05. The van der Waals surface area contributed by atoms with Crippen LogP contribution in [0.25, 0.3) is 10.9 Å². The average molecular weight is 175 g/mol. The number of hydrogen-bond acceptors (Lipinski definition) is 2. The van der Waals surface area contributed by atoms with Crippen molar-refractivity contribution in [2.24, 2.45) is 0 Å². The first-order chi connectivity index (χ1) is 6.18. The largest absolute Gasteiger partial charge is 0.507 e. The fraction of sp³-hybridized carbons (Fsp3) is 0.100. The lowest BCUT2D eigenvalue weighted by Crippen LogP contribution is -2.03. The van der Waals surface area contributed by atoms with E-state index in [-0.39, 0.29) is 11.3 Å². The van der Waals surface area contributed by atoms with Gasteiger partial charge in [0.25, 0.3) is 5.56 Å². The van der Waals surface area contributed by atoms with Crippen LogP contribution in [-0.4, -0.2) is 10.1 Å². The van der Waals surface area contributed by atoms with Crippen LogP contribution in [-0.2, 0) is 0 Å². The first kappa shape index (κ1) is 7.86. The summed E-state index contributed by atoms with van der Waals surface area (Å²) in [4.78, 5) is 13.7. The number of aromatic hydroxyl groups is 1. The normalized spacial score (nSPS) is 10.5. The Kier molecular flexibility index (Phi) is 1.59. The molecule has 2 rings (SSSR count). The summed E-state index contributed by atoms with van der Waals surface area (Å²) in [6, 6.07) is 6.69. The number of nitrogens with one attached hydrogen (secondary N) is 1. The topological polar surface area (TPSA) is 53.1 Å². The molecule has 0 spiro atoms. The van der Waals surface area contributed by atoms with E-state index < -0.39 is 0 Å². The summed E-state index contributed by atoms with van der Waals surface area (Å²) in [5, 5.41) is 10.2. The minimum absolute atomic E-state index is 0.0388. The van der Waals surface area contributed by atoms with Gasteiger partial charge in [-0.25, -0.2) is 0 Å². The molecule has 0 aliphatic carbocycles. The van der Waals surface area contributed by atoms with Crippen molar-refractivity contribution in [3.8, 4) is 5.75 Å². The van der Waals surface area contributed by atoms with Crippen LogP contribution in [0.1, 0.15) is 5.56 Å². The molecule has 0 bridgehead atoms. The van der Waals surface area contributed by atoms with E-state index >= 15 is 0 Å². The monoisotopic (exact) mass is 175 g/mol. The van der Waals surface area contributed by atoms with Gasteiger partial charge in [0.05, 0.1) is 5.52 Å². The van der Waals surface area contributed by atoms with Crippen LogP contribution in [0.2, 0.25) is 0 Å². The highest BCUT2D eigenvalue weighted by Gasteiger charge is 2.03. The zero-order valence-electron chi connectivity index (χ0n) is 7.16. The molecule has 66 valence electrons. The fourth-order valence-corrected chi connectivity index (χ4v) is 1.48. The van der Waals surface area contributed by atoms with Gasteiger partial charge in [-0.1, -0.05) is 12.1 Å². The van der Waals surface area contributed by atoms with Gasteiger partial charge in [0.15, 0.2) is 0 Å². The van der Waals surface area contributed by atoms with E-state index in [2.05, 4.69) is 4.98 Å². The Balaban J connectivity index is 3.03. The van der Waals surface area contributed by atoms with Gasteiger partial charge in [-0.15, -0.1) is 0 Å². The third-order valence-corrected chi connectivity index (χ3v) is 2.05. The van der Waals surface area contributed by atoms with Crippen molar-refractivity contribution in [1.29, 1.82) is 0 Å². The number of fused-ring (bicyclic) bond motifs is 1. The van der Waals surface area contributed by atoms with Crippen molar-refractivity contribution in [2.45, 2.75) is 6.92 Å². The van der Waals surface area contributed by atoms with Crippen molar-refractivity contribution >= 4 is 10.9 Å². The molecule has 3 heteroatoms. The first-order valence-electron chi connectivity index (χ1n) is 4.00. The Morgan fingerprint density at radius 1 is 1.38 bits per heavy atom. The zero-order valence-corrected chi connectivity index (χ0v) is 7.16. The van der Waals surface area contributed by atoms with Gasteiger partial charge in [-0.05, 0) is 18.6 Å². The number of pyridine rings is 1. The summed E-state index contributed by atoms with van der Waals surface area (Å²) < 4.78 is 0. The van der Waals surface area contributed by atoms with Crippen LogP contribution in [0.4, 0.5) is 0 Å². The van der Waals surface area contributed by atoms with E-state index in [1.807, 2.05) is 19.1 Å². The Morgan fingerprint density at radius 2 is 2.15 bits per heavy atom. The number of aryl methyl sites for hydroxylation is 1. The SMILES string of the molecule is Cc1cccc2[nH]c(=O)cc(O)c12. The van der Waals surface area contributed by atoms with Crippen molar-refractivity contribution in [1.82, 2.24) is 4.98 Å². The van der Waals surface area contributed by atoms with E-state index in [0.29, 0.717) is 10.9 Å². The first-order valence-corrected chi connectivity index (χ1v) is 4.00. The number of hydrogen-bond donors (Lipinski definition) is 2. The molecule has 1 heterocycles. The number of rotatable bonds is 0. The van der Waals surface area contributed by atoms with Gasteiger partial charge in [-0.2, -0.15) is 0 Å². The minimum atomic E-state index is -0.282. The highest BCUT2D eigenvalue weighted by molar-refractivity contribution is 5.87. The summed E-state index contributed by atoms with van der Waals surface area (Å²) in [5.74, 6) is 0.0388. The summed E-state index contributed by atoms with van der Waals surface area (Å²) in [6.07, 6.45) is 0. The lowest BCUT2D eigenvalue weighted by atomic mass is 10.1. The van der Waals surface area contributed by atoms with Crippen LogP contribution in [0.3, 0.4) is 0 Å². The van der Waals surface area contributed by atoms with E-state index in [1.165, 1.54) is 6.07 Å². The second-order valence-corrected chi connectivity index (χ2v) is 3.02. The molecular weight excluding hydrogens is 166 g/mol. The van der Waals surface area contributed by atoms with Crippen molar-refractivity contribution in [2.75, 3.05) is 0 Å². The highest BCUT2D eigenvalue weighted by Crippen LogP contribution is 2.23. The molecule has 0 aliphatic rings. The third kappa shape index (κ3) is 1.18. The molecule has 0 fully saturated rings. The van der Waals surface area contributed by atoms with E-state index in [4.69, 9.17) is 0 Å². The standard InChI is InChI=1S/C10H9NO2/c1-6-3-2-4-7-10(6)8(12)5-9(13)11-7/h2-5H,1H3,(H2,11,12,13). The van der Waals surface area contributed by atoms with Crippen LogP contribution in [0.15, 0.2) is 29.1 Å². The maximum absolute atomic E-state index is 11.0. The van der Waals surface area contributed by atoms with Crippen LogP contribution < -0.4 is 5.56 Å². The number of H-pyrrole nitrogens is 1. The molecular formula is C10H9NO2. The van der Waals surface area contributed by atoms with E-state index in [0.717, 1.165) is 5.56 Å². The molecule has 0 aliphatic heterocycles. The highest BCUT2D eigenvalue weighted by atomic mass is 16.3. The number of aromatic amines is 1. The average Bonchev–Trinajstić information content (AvgIpc) is 2.02. The van der Waals surface area contributed by atoms with Gasteiger partial charge < -0.3 is 10.1 Å². The molecule has 2 N–H and O–H groups in total. The van der Waals surface area contributed by atoms with Crippen LogP contribution >= 0.6 is 0 Å². The quantitative estimate of drug-likeness (QED) is 0.638. The summed E-state index contributed by atoms with van der Waals surface area (Å²) in [7, 11) is 0. The molecule has 1 aromatic carbocycles. The van der Waals surface area contributed by atoms with Gasteiger partial charge >= 0.3 is 0 Å². The fourth-order valence-electron chi connectivity index (χ4n) is 1.48. The molecule has 0 atom stereocenters. The molecule has 0 saturated heterocycles. The Morgan fingerprint density at radius 3 is 2.92 bits per heavy atom. The second-order valence-electron chi connectivity index (χ2n) is 3.02. The Labute approximate surface area is 74.7 Å². The second kappa shape index (κ2) is 2.62. The number of benzene rings is 1. The van der Waals surface area contributed by atoms with Gasteiger partial charge in [0.1, 0.15) is 5.75 Å². The van der Waals surface area contributed by atoms with E-state index in [1.54, 1.807) is 6.07 Å². The lowest BCUT2D eigenvalue weighted by Gasteiger charge is -2.02. The van der Waals surface area contributed by atoms with Gasteiger partial charge in [-0.3, -0.25) is 4.79 Å². The smallest absolute Gasteiger partial charge is 0.252 e. The summed E-state index contributed by atoms with van der Waals surface area (Å²) in [6.45, 7) is 1.89. The lowest BCUT2D eigenvalue weighted by molar-refractivity contribution is 0.480. The van der Waals surface area contributed by atoms with Gasteiger partial charge in [0.2, 0.25) is 0 Å². The minimum Gasteiger partial charge on any atom is -0.507 e. The molecule has 0 unspecified atom stereocenters. The van der Waals surface area contributed by atoms with Crippen molar-refractivity contribution < 1.29 is 5.11 Å². The Bertz CT molecular complexity index is 514. The predicted molar refractivity (Wildman–Crippen MR) is 51.0 cm³/mol. The molecule has 0 radical (unpaired) electrons. The molecule has 13 heavy (non-hydrogen) atoms. The molecule has 2 aromatic rings. The maximum Gasteiger partial charge on any atom is 0.252 e. The van der Waals surface area contributed by atoms with Crippen LogP contribution in [0.5, 0.6) is 5.75 Å². The van der Waals surface area contributed by atoms with Gasteiger partial charge in [0, 0.05) is 11.5 Å². The predicted octanol–water partition coefficient (Wildman–Crippen LogP) is 1.54. The van der Waals surface area contributed by atoms with Crippen molar-refractivity contribution in [3.05, 3.63) is 40.2 Å². The Hall–Kier alpha value is -1.77. The zero-order chi connectivity index (χ0) is 9.42. The summed E-state index contributed by atoms with van der Waals surface area (Å²) in [5.41, 5.74) is 1.34. The summed E-state index contributed by atoms with van der Waals surface area (Å²) >= 11 is 0. The van der Waals surface area contributed by atoms with Crippen molar-refractivity contribution in [3.63, 3.8) is 0 Å². The molecule has 0 amide bonds. The maximum atomic E-state index is 11.0. The molecule has 1 aromatic heterocycles.